The minimum Gasteiger partial charge on any atom is -0.408 e. The molecule has 1 aromatic heterocycles. The number of aromatic nitrogens is 2. The van der Waals surface area contributed by atoms with Gasteiger partial charge in [-0.3, -0.25) is 14.3 Å². The average Bonchev–Trinajstić information content (AvgIpc) is 2.91. The van der Waals surface area contributed by atoms with Gasteiger partial charge in [-0.15, -0.1) is 6.58 Å². The van der Waals surface area contributed by atoms with Crippen LogP contribution in [0.4, 0.5) is 0 Å². The summed E-state index contributed by atoms with van der Waals surface area (Å²) in [6, 6.07) is 1.24. The molecule has 0 saturated carbocycles. The smallest absolute Gasteiger partial charge is 0.330 e. The fourth-order valence-electron chi connectivity index (χ4n) is 3.03. The minimum absolute atomic E-state index is 0.0634. The molecule has 1 aliphatic rings. The second-order valence-electron chi connectivity index (χ2n) is 8.64. The molecule has 2 heterocycles. The summed E-state index contributed by atoms with van der Waals surface area (Å²) < 4.78 is 19.6. The van der Waals surface area contributed by atoms with E-state index >= 15 is 0 Å². The molecule has 0 aromatic carbocycles. The highest BCUT2D eigenvalue weighted by Gasteiger charge is 2.53. The molecular formula is C19H32N2O6Si. The van der Waals surface area contributed by atoms with Crippen molar-refractivity contribution in [3.63, 3.8) is 0 Å². The first-order chi connectivity index (χ1) is 12.9. The molecule has 8 nitrogen and oxygen atoms in total. The normalized spacial score (nSPS) is 27.0. The molecule has 0 bridgehead atoms. The maximum Gasteiger partial charge on any atom is 0.330 e. The maximum atomic E-state index is 12.3. The Bertz CT molecular complexity index is 797. The summed E-state index contributed by atoms with van der Waals surface area (Å²) in [6.07, 6.45) is -0.344. The molecule has 0 unspecified atom stereocenters. The number of nitrogens with one attached hydrogen (secondary N) is 1. The molecule has 1 aromatic rings. The van der Waals surface area contributed by atoms with Crippen LogP contribution in [0.25, 0.3) is 0 Å². The Balaban J connectivity index is 2.47. The van der Waals surface area contributed by atoms with Gasteiger partial charge >= 0.3 is 5.69 Å². The van der Waals surface area contributed by atoms with Gasteiger partial charge in [0.15, 0.2) is 14.5 Å². The zero-order valence-electron chi connectivity index (χ0n) is 17.5. The number of rotatable bonds is 7. The standard InChI is InChI=1S/C19H32N2O6Si/c1-8-9-12(22)14-15(27-28(6,7)19(2,3)4)16(25-5)17(26-14)21-11-10-13(23)20-18(21)24/h8,10-12,14-17,22H,1,9H2,2-7H3,(H,20,23,24)/t12-,14+,15-,16-,17+/m0/s1. The van der Waals surface area contributed by atoms with Crippen LogP contribution in [0, 0.1) is 0 Å². The van der Waals surface area contributed by atoms with Crippen molar-refractivity contribution in [2.75, 3.05) is 7.11 Å². The Hall–Kier alpha value is -1.52. The van der Waals surface area contributed by atoms with Crippen molar-refractivity contribution < 1.29 is 19.0 Å². The van der Waals surface area contributed by atoms with E-state index < -0.39 is 50.2 Å². The largest absolute Gasteiger partial charge is 0.408 e. The van der Waals surface area contributed by atoms with Crippen molar-refractivity contribution in [1.82, 2.24) is 9.55 Å². The third-order valence-corrected chi connectivity index (χ3v) is 10.1. The summed E-state index contributed by atoms with van der Waals surface area (Å²) in [5.74, 6) is 0. The van der Waals surface area contributed by atoms with Gasteiger partial charge in [0.2, 0.25) is 0 Å². The van der Waals surface area contributed by atoms with Gasteiger partial charge in [-0.2, -0.15) is 0 Å². The molecule has 0 aliphatic carbocycles. The lowest BCUT2D eigenvalue weighted by Gasteiger charge is -2.41. The van der Waals surface area contributed by atoms with E-state index in [9.17, 15) is 14.7 Å². The number of nitrogens with zero attached hydrogens (tertiary/aromatic N) is 1. The third-order valence-electron chi connectivity index (χ3n) is 5.65. The van der Waals surface area contributed by atoms with E-state index in [-0.39, 0.29) is 5.04 Å². The molecule has 0 radical (unpaired) electrons. The van der Waals surface area contributed by atoms with Crippen LogP contribution in [0.15, 0.2) is 34.5 Å². The topological polar surface area (TPSA) is 103 Å². The lowest BCUT2D eigenvalue weighted by atomic mass is 10.0. The summed E-state index contributed by atoms with van der Waals surface area (Å²) in [7, 11) is -0.718. The Morgan fingerprint density at radius 1 is 1.39 bits per heavy atom. The van der Waals surface area contributed by atoms with Crippen LogP contribution in [-0.4, -0.2) is 54.5 Å². The van der Waals surface area contributed by atoms with Gasteiger partial charge in [0.1, 0.15) is 18.3 Å². The van der Waals surface area contributed by atoms with Crippen LogP contribution in [0.3, 0.4) is 0 Å². The molecule has 28 heavy (non-hydrogen) atoms. The number of aliphatic hydroxyl groups is 1. The third kappa shape index (κ3) is 4.55. The molecule has 0 spiro atoms. The molecular weight excluding hydrogens is 380 g/mol. The van der Waals surface area contributed by atoms with Crippen LogP contribution >= 0.6 is 0 Å². The molecule has 158 valence electrons. The number of ether oxygens (including phenoxy) is 2. The van der Waals surface area contributed by atoms with Crippen molar-refractivity contribution in [3.05, 3.63) is 45.8 Å². The molecule has 1 saturated heterocycles. The first-order valence-electron chi connectivity index (χ1n) is 9.39. The SMILES string of the molecule is C=CC[C@H](O)[C@H]1O[C@@H](n2ccc(=O)[nH]c2=O)[C@@H](OC)[C@H]1O[Si](C)(C)C(C)(C)C. The number of hydrogen-bond donors (Lipinski definition) is 2. The zero-order chi connectivity index (χ0) is 21.3. The quantitative estimate of drug-likeness (QED) is 0.523. The van der Waals surface area contributed by atoms with Crippen molar-refractivity contribution in [2.24, 2.45) is 0 Å². The molecule has 1 fully saturated rings. The van der Waals surface area contributed by atoms with Gasteiger partial charge in [0, 0.05) is 19.4 Å². The fourth-order valence-corrected chi connectivity index (χ4v) is 4.34. The highest BCUT2D eigenvalue weighted by Crippen LogP contribution is 2.42. The molecule has 9 heteroatoms. The number of hydrogen-bond acceptors (Lipinski definition) is 6. The van der Waals surface area contributed by atoms with Gasteiger partial charge in [0.05, 0.1) is 6.10 Å². The number of aromatic amines is 1. The van der Waals surface area contributed by atoms with E-state index in [1.54, 1.807) is 6.08 Å². The Kier molecular flexibility index (Phi) is 6.88. The lowest BCUT2D eigenvalue weighted by molar-refractivity contribution is -0.0857. The predicted molar refractivity (Wildman–Crippen MR) is 109 cm³/mol. The van der Waals surface area contributed by atoms with Crippen LogP contribution < -0.4 is 11.2 Å². The van der Waals surface area contributed by atoms with E-state index in [0.29, 0.717) is 6.42 Å². The van der Waals surface area contributed by atoms with Crippen LogP contribution in [0.2, 0.25) is 18.1 Å². The Morgan fingerprint density at radius 2 is 2.04 bits per heavy atom. The fraction of sp³-hybridized carbons (Fsp3) is 0.684. The van der Waals surface area contributed by atoms with Gasteiger partial charge < -0.3 is 19.0 Å². The number of methoxy groups -OCH3 is 1. The average molecular weight is 413 g/mol. The second-order valence-corrected chi connectivity index (χ2v) is 13.4. The van der Waals surface area contributed by atoms with Gasteiger partial charge in [0.25, 0.3) is 5.56 Å². The van der Waals surface area contributed by atoms with Crippen LogP contribution in [0.5, 0.6) is 0 Å². The molecule has 2 rings (SSSR count). The summed E-state index contributed by atoms with van der Waals surface area (Å²) in [5, 5.41) is 10.6. The molecule has 2 N–H and O–H groups in total. The first kappa shape index (κ1) is 22.8. The monoisotopic (exact) mass is 412 g/mol. The highest BCUT2D eigenvalue weighted by atomic mass is 28.4. The van der Waals surface area contributed by atoms with E-state index in [4.69, 9.17) is 13.9 Å². The van der Waals surface area contributed by atoms with E-state index in [2.05, 4.69) is 45.4 Å². The lowest BCUT2D eigenvalue weighted by Crippen LogP contribution is -2.51. The summed E-state index contributed by atoms with van der Waals surface area (Å²) >= 11 is 0. The van der Waals surface area contributed by atoms with E-state index in [1.165, 1.54) is 23.9 Å². The van der Waals surface area contributed by atoms with Crippen molar-refractivity contribution >= 4 is 8.32 Å². The zero-order valence-corrected chi connectivity index (χ0v) is 18.5. The van der Waals surface area contributed by atoms with Crippen LogP contribution in [-0.2, 0) is 13.9 Å². The highest BCUT2D eigenvalue weighted by molar-refractivity contribution is 6.74. The molecule has 1 aliphatic heterocycles. The summed E-state index contributed by atoms with van der Waals surface area (Å²) in [5.41, 5.74) is -1.10. The minimum atomic E-state index is -2.23. The van der Waals surface area contributed by atoms with Gasteiger partial charge in [-0.25, -0.2) is 4.79 Å². The van der Waals surface area contributed by atoms with Crippen molar-refractivity contribution in [1.29, 1.82) is 0 Å². The second kappa shape index (κ2) is 8.46. The van der Waals surface area contributed by atoms with Crippen molar-refractivity contribution in [2.45, 2.75) is 76.0 Å². The van der Waals surface area contributed by atoms with Gasteiger partial charge in [-0.1, -0.05) is 26.8 Å². The van der Waals surface area contributed by atoms with E-state index in [1.807, 2.05) is 0 Å². The molecule has 0 amide bonds. The van der Waals surface area contributed by atoms with Crippen molar-refractivity contribution in [3.8, 4) is 0 Å². The Morgan fingerprint density at radius 3 is 2.54 bits per heavy atom. The van der Waals surface area contributed by atoms with Gasteiger partial charge in [-0.05, 0) is 24.6 Å². The Labute approximate surface area is 166 Å². The predicted octanol–water partition coefficient (Wildman–Crippen LogP) is 1.78. The number of aliphatic hydroxyl groups excluding tert-OH is 1. The first-order valence-corrected chi connectivity index (χ1v) is 12.3. The molecule has 5 atom stereocenters. The number of H-pyrrole nitrogens is 1. The van der Waals surface area contributed by atoms with E-state index in [0.717, 1.165) is 0 Å². The maximum absolute atomic E-state index is 12.3. The summed E-state index contributed by atoms with van der Waals surface area (Å²) in [6.45, 7) is 14.3. The van der Waals surface area contributed by atoms with Crippen LogP contribution in [0.1, 0.15) is 33.4 Å². The summed E-state index contributed by atoms with van der Waals surface area (Å²) in [4.78, 5) is 25.9.